The first kappa shape index (κ1) is 11.1. The van der Waals surface area contributed by atoms with Crippen molar-refractivity contribution in [3.63, 3.8) is 0 Å². The first-order chi connectivity index (χ1) is 8.65. The number of aryl methyl sites for hydroxylation is 3. The minimum atomic E-state index is 1.28. The Hall–Kier alpha value is -2.02. The van der Waals surface area contributed by atoms with Crippen LogP contribution in [0.4, 0.5) is 0 Å². The highest BCUT2D eigenvalue weighted by molar-refractivity contribution is 5.88. The molecule has 0 fully saturated rings. The third kappa shape index (κ3) is 1.72. The monoisotopic (exact) mass is 235 g/mol. The van der Waals surface area contributed by atoms with Gasteiger partial charge in [0.1, 0.15) is 0 Å². The van der Waals surface area contributed by atoms with Crippen LogP contribution in [0.3, 0.4) is 0 Å². The molecule has 1 aromatic heterocycles. The normalized spacial score (nSPS) is 11.1. The van der Waals surface area contributed by atoms with Crippen LogP contribution in [-0.2, 0) is 7.05 Å². The quantitative estimate of drug-likeness (QED) is 0.586. The van der Waals surface area contributed by atoms with Gasteiger partial charge in [-0.05, 0) is 42.7 Å². The minimum absolute atomic E-state index is 1.28. The highest BCUT2D eigenvalue weighted by Gasteiger charge is 2.05. The molecule has 90 valence electrons. The number of aromatic nitrogens is 1. The standard InChI is InChI=1S/C17H17N/c1-12-4-6-14(7-5-12)15-8-9-17-16(10-15)13(2)11-18(17)3/h4-11H,1-3H3. The van der Waals surface area contributed by atoms with Crippen molar-refractivity contribution in [3.05, 3.63) is 59.8 Å². The van der Waals surface area contributed by atoms with Gasteiger partial charge in [0.25, 0.3) is 0 Å². The molecule has 2 aromatic carbocycles. The molecule has 1 heteroatoms. The van der Waals surface area contributed by atoms with Crippen molar-refractivity contribution in [2.24, 2.45) is 7.05 Å². The summed E-state index contributed by atoms with van der Waals surface area (Å²) in [4.78, 5) is 0. The van der Waals surface area contributed by atoms with Crippen LogP contribution < -0.4 is 0 Å². The van der Waals surface area contributed by atoms with E-state index in [0.717, 1.165) is 0 Å². The Kier molecular flexibility index (Phi) is 2.48. The molecule has 0 saturated heterocycles. The number of fused-ring (bicyclic) bond motifs is 1. The summed E-state index contributed by atoms with van der Waals surface area (Å²) in [5, 5.41) is 1.34. The van der Waals surface area contributed by atoms with Gasteiger partial charge in [0.05, 0.1) is 0 Å². The van der Waals surface area contributed by atoms with Gasteiger partial charge < -0.3 is 4.57 Å². The second kappa shape index (κ2) is 4.02. The van der Waals surface area contributed by atoms with Crippen molar-refractivity contribution in [2.75, 3.05) is 0 Å². The van der Waals surface area contributed by atoms with E-state index in [-0.39, 0.29) is 0 Å². The zero-order chi connectivity index (χ0) is 12.7. The predicted octanol–water partition coefficient (Wildman–Crippen LogP) is 4.46. The van der Waals surface area contributed by atoms with E-state index in [1.54, 1.807) is 0 Å². The average Bonchev–Trinajstić information content (AvgIpc) is 2.66. The van der Waals surface area contributed by atoms with Crippen molar-refractivity contribution in [3.8, 4) is 11.1 Å². The number of benzene rings is 2. The molecule has 3 aromatic rings. The van der Waals surface area contributed by atoms with Crippen LogP contribution in [0.2, 0.25) is 0 Å². The van der Waals surface area contributed by atoms with E-state index in [4.69, 9.17) is 0 Å². The van der Waals surface area contributed by atoms with Crippen LogP contribution in [0.5, 0.6) is 0 Å². The van der Waals surface area contributed by atoms with Gasteiger partial charge in [-0.15, -0.1) is 0 Å². The molecule has 0 aliphatic heterocycles. The summed E-state index contributed by atoms with van der Waals surface area (Å²) in [5.74, 6) is 0. The van der Waals surface area contributed by atoms with Crippen molar-refractivity contribution < 1.29 is 0 Å². The topological polar surface area (TPSA) is 4.93 Å². The summed E-state index contributed by atoms with van der Waals surface area (Å²) in [5.41, 5.74) is 6.50. The molecule has 0 unspecified atom stereocenters. The highest BCUT2D eigenvalue weighted by atomic mass is 14.9. The zero-order valence-corrected chi connectivity index (χ0v) is 11.1. The second-order valence-corrected chi connectivity index (χ2v) is 5.02. The van der Waals surface area contributed by atoms with Gasteiger partial charge in [-0.2, -0.15) is 0 Å². The van der Waals surface area contributed by atoms with Crippen LogP contribution >= 0.6 is 0 Å². The molecular weight excluding hydrogens is 218 g/mol. The highest BCUT2D eigenvalue weighted by Crippen LogP contribution is 2.27. The van der Waals surface area contributed by atoms with Crippen molar-refractivity contribution in [1.82, 2.24) is 4.57 Å². The zero-order valence-electron chi connectivity index (χ0n) is 11.1. The lowest BCUT2D eigenvalue weighted by Gasteiger charge is -2.04. The van der Waals surface area contributed by atoms with Gasteiger partial charge in [-0.3, -0.25) is 0 Å². The number of rotatable bonds is 1. The average molecular weight is 235 g/mol. The fraction of sp³-hybridized carbons (Fsp3) is 0.176. The van der Waals surface area contributed by atoms with Gasteiger partial charge in [0.2, 0.25) is 0 Å². The van der Waals surface area contributed by atoms with E-state index in [0.29, 0.717) is 0 Å². The number of nitrogens with zero attached hydrogens (tertiary/aromatic N) is 1. The Morgan fingerprint density at radius 3 is 2.22 bits per heavy atom. The molecule has 0 saturated carbocycles. The number of hydrogen-bond acceptors (Lipinski definition) is 0. The summed E-state index contributed by atoms with van der Waals surface area (Å²) in [6.45, 7) is 4.29. The summed E-state index contributed by atoms with van der Waals surface area (Å²) in [7, 11) is 2.10. The third-order valence-electron chi connectivity index (χ3n) is 3.57. The molecule has 0 spiro atoms. The van der Waals surface area contributed by atoms with E-state index in [1.165, 1.54) is 33.2 Å². The van der Waals surface area contributed by atoms with E-state index in [2.05, 4.69) is 74.1 Å². The lowest BCUT2D eigenvalue weighted by molar-refractivity contribution is 0.964. The molecule has 0 radical (unpaired) electrons. The van der Waals surface area contributed by atoms with E-state index in [9.17, 15) is 0 Å². The fourth-order valence-electron chi connectivity index (χ4n) is 2.51. The molecule has 1 heterocycles. The molecular formula is C17H17N. The Morgan fingerprint density at radius 2 is 1.50 bits per heavy atom. The van der Waals surface area contributed by atoms with E-state index >= 15 is 0 Å². The SMILES string of the molecule is Cc1ccc(-c2ccc3c(c2)c(C)cn3C)cc1. The Bertz CT molecular complexity index is 702. The summed E-state index contributed by atoms with van der Waals surface area (Å²) in [6, 6.07) is 15.4. The largest absolute Gasteiger partial charge is 0.350 e. The third-order valence-corrected chi connectivity index (χ3v) is 3.57. The van der Waals surface area contributed by atoms with E-state index in [1.807, 2.05) is 0 Å². The van der Waals surface area contributed by atoms with Gasteiger partial charge in [0.15, 0.2) is 0 Å². The lowest BCUT2D eigenvalue weighted by atomic mass is 10.0. The van der Waals surface area contributed by atoms with Gasteiger partial charge in [0, 0.05) is 24.1 Å². The smallest absolute Gasteiger partial charge is 0.0480 e. The maximum Gasteiger partial charge on any atom is 0.0480 e. The van der Waals surface area contributed by atoms with Gasteiger partial charge in [-0.1, -0.05) is 35.9 Å². The first-order valence-corrected chi connectivity index (χ1v) is 6.28. The van der Waals surface area contributed by atoms with Crippen molar-refractivity contribution in [2.45, 2.75) is 13.8 Å². The molecule has 0 N–H and O–H groups in total. The number of hydrogen-bond donors (Lipinski definition) is 0. The Morgan fingerprint density at radius 1 is 0.833 bits per heavy atom. The van der Waals surface area contributed by atoms with Crippen LogP contribution in [0.15, 0.2) is 48.7 Å². The second-order valence-electron chi connectivity index (χ2n) is 5.02. The first-order valence-electron chi connectivity index (χ1n) is 6.28. The summed E-state index contributed by atoms with van der Waals surface area (Å²) >= 11 is 0. The molecule has 18 heavy (non-hydrogen) atoms. The van der Waals surface area contributed by atoms with Gasteiger partial charge in [-0.25, -0.2) is 0 Å². The van der Waals surface area contributed by atoms with Crippen LogP contribution in [0, 0.1) is 13.8 Å². The molecule has 1 nitrogen and oxygen atoms in total. The lowest BCUT2D eigenvalue weighted by Crippen LogP contribution is -1.84. The van der Waals surface area contributed by atoms with E-state index < -0.39 is 0 Å². The maximum absolute atomic E-state index is 2.29. The molecule has 0 bridgehead atoms. The maximum atomic E-state index is 2.29. The molecule has 3 rings (SSSR count). The Labute approximate surface area is 108 Å². The molecule has 0 aliphatic rings. The van der Waals surface area contributed by atoms with Crippen LogP contribution in [-0.4, -0.2) is 4.57 Å². The van der Waals surface area contributed by atoms with Crippen molar-refractivity contribution in [1.29, 1.82) is 0 Å². The molecule has 0 atom stereocenters. The fourth-order valence-corrected chi connectivity index (χ4v) is 2.51. The summed E-state index contributed by atoms with van der Waals surface area (Å²) in [6.07, 6.45) is 2.18. The van der Waals surface area contributed by atoms with Crippen molar-refractivity contribution >= 4 is 10.9 Å². The molecule has 0 amide bonds. The summed E-state index contributed by atoms with van der Waals surface area (Å²) < 4.78 is 2.18. The predicted molar refractivity (Wildman–Crippen MR) is 77.8 cm³/mol. The van der Waals surface area contributed by atoms with Gasteiger partial charge >= 0.3 is 0 Å². The minimum Gasteiger partial charge on any atom is -0.350 e. The Balaban J connectivity index is 2.18. The van der Waals surface area contributed by atoms with Crippen LogP contribution in [0.1, 0.15) is 11.1 Å². The molecule has 0 aliphatic carbocycles. The van der Waals surface area contributed by atoms with Crippen LogP contribution in [0.25, 0.3) is 22.0 Å².